The van der Waals surface area contributed by atoms with Gasteiger partial charge in [-0.05, 0) is 6.07 Å². The van der Waals surface area contributed by atoms with Crippen LogP contribution in [0.5, 0.6) is 0 Å². The Labute approximate surface area is 81.0 Å². The first-order chi connectivity index (χ1) is 6.70. The lowest BCUT2D eigenvalue weighted by molar-refractivity contribution is -0.0980. The molecule has 14 heavy (non-hydrogen) atoms. The molecule has 0 aliphatic carbocycles. The minimum absolute atomic E-state index is 0.111. The van der Waals surface area contributed by atoms with Gasteiger partial charge in [-0.2, -0.15) is 0 Å². The molecule has 0 saturated heterocycles. The SMILES string of the molecule is C=O.CO.Nc1cncc(C(=O)O)c1. The number of aromatic carboxylic acids is 1. The van der Waals surface area contributed by atoms with Crippen molar-refractivity contribution in [3.63, 3.8) is 0 Å². The second-order valence-corrected chi connectivity index (χ2v) is 1.81. The van der Waals surface area contributed by atoms with E-state index < -0.39 is 5.97 Å². The van der Waals surface area contributed by atoms with Crippen LogP contribution in [0.4, 0.5) is 5.69 Å². The second-order valence-electron chi connectivity index (χ2n) is 1.81. The Morgan fingerprint density at radius 3 is 2.21 bits per heavy atom. The quantitative estimate of drug-likeness (QED) is 0.577. The van der Waals surface area contributed by atoms with Gasteiger partial charge in [-0.3, -0.25) is 4.98 Å². The third-order valence-electron chi connectivity index (χ3n) is 1.01. The molecule has 0 unspecified atom stereocenters. The Kier molecular flexibility index (Phi) is 9.51. The van der Waals surface area contributed by atoms with Gasteiger partial charge < -0.3 is 20.7 Å². The van der Waals surface area contributed by atoms with Crippen LogP contribution in [-0.4, -0.2) is 35.1 Å². The van der Waals surface area contributed by atoms with E-state index in [2.05, 4.69) is 4.98 Å². The van der Waals surface area contributed by atoms with Crippen molar-refractivity contribution in [2.75, 3.05) is 12.8 Å². The Balaban J connectivity index is 0. The summed E-state index contributed by atoms with van der Waals surface area (Å²) in [5.41, 5.74) is 5.74. The first-order valence-electron chi connectivity index (χ1n) is 3.37. The molecule has 0 atom stereocenters. The molecule has 1 aromatic rings. The van der Waals surface area contributed by atoms with Crippen molar-refractivity contribution < 1.29 is 19.8 Å². The van der Waals surface area contributed by atoms with E-state index in [0.29, 0.717) is 5.69 Å². The maximum absolute atomic E-state index is 10.3. The van der Waals surface area contributed by atoms with Crippen LogP contribution in [0.25, 0.3) is 0 Å². The third-order valence-corrected chi connectivity index (χ3v) is 1.01. The molecule has 1 rings (SSSR count). The van der Waals surface area contributed by atoms with Gasteiger partial charge in [0.15, 0.2) is 0 Å². The van der Waals surface area contributed by atoms with Crippen LogP contribution < -0.4 is 5.73 Å². The molecule has 0 fully saturated rings. The molecule has 0 bridgehead atoms. The maximum atomic E-state index is 10.3. The summed E-state index contributed by atoms with van der Waals surface area (Å²) in [5.74, 6) is -1.01. The third kappa shape index (κ3) is 5.67. The van der Waals surface area contributed by atoms with Crippen molar-refractivity contribution in [1.29, 1.82) is 0 Å². The van der Waals surface area contributed by atoms with Crippen LogP contribution in [-0.2, 0) is 4.79 Å². The number of nitrogen functional groups attached to an aromatic ring is 1. The highest BCUT2D eigenvalue weighted by molar-refractivity contribution is 5.88. The molecule has 0 saturated carbocycles. The van der Waals surface area contributed by atoms with Crippen LogP contribution in [0.3, 0.4) is 0 Å². The molecule has 0 radical (unpaired) electrons. The van der Waals surface area contributed by atoms with Crippen LogP contribution >= 0.6 is 0 Å². The summed E-state index contributed by atoms with van der Waals surface area (Å²) in [6.45, 7) is 2.00. The topological polar surface area (TPSA) is 114 Å². The van der Waals surface area contributed by atoms with Crippen molar-refractivity contribution in [3.8, 4) is 0 Å². The number of aromatic nitrogens is 1. The molecule has 0 spiro atoms. The van der Waals surface area contributed by atoms with E-state index in [0.717, 1.165) is 7.11 Å². The second kappa shape index (κ2) is 9.14. The molecule has 0 aromatic carbocycles. The van der Waals surface area contributed by atoms with Gasteiger partial charge in [0.2, 0.25) is 0 Å². The number of carbonyl (C=O) groups is 2. The van der Waals surface area contributed by atoms with Crippen molar-refractivity contribution >= 4 is 18.4 Å². The maximum Gasteiger partial charge on any atom is 0.337 e. The summed E-state index contributed by atoms with van der Waals surface area (Å²) < 4.78 is 0. The van der Waals surface area contributed by atoms with Gasteiger partial charge in [0, 0.05) is 19.5 Å². The standard InChI is InChI=1S/C6H6N2O2.CH4O.CH2O/c7-5-1-4(6(9)10)2-8-3-5;2*1-2/h1-3H,7H2,(H,9,10);2H,1H3;1H2. The van der Waals surface area contributed by atoms with Crippen molar-refractivity contribution in [2.24, 2.45) is 0 Å². The number of carboxylic acids is 1. The molecule has 6 nitrogen and oxygen atoms in total. The van der Waals surface area contributed by atoms with Gasteiger partial charge in [0.25, 0.3) is 0 Å². The summed E-state index contributed by atoms with van der Waals surface area (Å²) in [4.78, 5) is 21.9. The Hall–Kier alpha value is -1.95. The van der Waals surface area contributed by atoms with Crippen LogP contribution in [0, 0.1) is 0 Å². The fourth-order valence-electron chi connectivity index (χ4n) is 0.575. The fraction of sp³-hybridized carbons (Fsp3) is 0.125. The number of anilines is 1. The summed E-state index contributed by atoms with van der Waals surface area (Å²) >= 11 is 0. The predicted molar refractivity (Wildman–Crippen MR) is 50.9 cm³/mol. The lowest BCUT2D eigenvalue weighted by Crippen LogP contribution is -1.98. The van der Waals surface area contributed by atoms with Gasteiger partial charge in [-0.1, -0.05) is 0 Å². The largest absolute Gasteiger partial charge is 0.478 e. The summed E-state index contributed by atoms with van der Waals surface area (Å²) in [5, 5.41) is 15.4. The van der Waals surface area contributed by atoms with E-state index in [1.54, 1.807) is 0 Å². The molecular weight excluding hydrogens is 188 g/mol. The van der Waals surface area contributed by atoms with E-state index in [-0.39, 0.29) is 5.56 Å². The predicted octanol–water partition coefficient (Wildman–Crippen LogP) is -0.214. The van der Waals surface area contributed by atoms with Crippen molar-refractivity contribution in [3.05, 3.63) is 24.0 Å². The van der Waals surface area contributed by atoms with Crippen molar-refractivity contribution in [2.45, 2.75) is 0 Å². The first-order valence-corrected chi connectivity index (χ1v) is 3.37. The average molecular weight is 200 g/mol. The number of hydrogen-bond donors (Lipinski definition) is 3. The molecule has 0 aliphatic rings. The number of aliphatic hydroxyl groups excluding tert-OH is 1. The fourth-order valence-corrected chi connectivity index (χ4v) is 0.575. The zero-order chi connectivity index (χ0) is 11.6. The Bertz CT molecular complexity index is 278. The minimum atomic E-state index is -1.01. The van der Waals surface area contributed by atoms with E-state index in [4.69, 9.17) is 20.7 Å². The summed E-state index contributed by atoms with van der Waals surface area (Å²) in [7, 11) is 1.00. The number of hydrogen-bond acceptors (Lipinski definition) is 5. The Morgan fingerprint density at radius 1 is 1.43 bits per heavy atom. The first kappa shape index (κ1) is 14.6. The number of nitrogens with two attached hydrogens (primary N) is 1. The van der Waals surface area contributed by atoms with Crippen LogP contribution in [0.1, 0.15) is 10.4 Å². The van der Waals surface area contributed by atoms with Gasteiger partial charge in [0.1, 0.15) is 6.79 Å². The molecular formula is C8H12N2O4. The monoisotopic (exact) mass is 200 g/mol. The number of rotatable bonds is 1. The lowest BCUT2D eigenvalue weighted by atomic mass is 10.3. The van der Waals surface area contributed by atoms with E-state index in [9.17, 15) is 4.79 Å². The zero-order valence-electron chi connectivity index (χ0n) is 7.67. The summed E-state index contributed by atoms with van der Waals surface area (Å²) in [6, 6.07) is 1.36. The van der Waals surface area contributed by atoms with Gasteiger partial charge in [0.05, 0.1) is 11.3 Å². The van der Waals surface area contributed by atoms with E-state index in [1.807, 2.05) is 6.79 Å². The number of nitrogens with zero attached hydrogens (tertiary/aromatic N) is 1. The smallest absolute Gasteiger partial charge is 0.337 e. The number of aliphatic hydroxyl groups is 1. The highest BCUT2D eigenvalue weighted by atomic mass is 16.4. The molecule has 78 valence electrons. The highest BCUT2D eigenvalue weighted by Crippen LogP contribution is 2.02. The molecule has 0 amide bonds. The Morgan fingerprint density at radius 2 is 1.93 bits per heavy atom. The number of carboxylic acid groups (broad SMARTS) is 1. The molecule has 1 heterocycles. The molecule has 1 aromatic heterocycles. The van der Waals surface area contributed by atoms with Crippen LogP contribution in [0.2, 0.25) is 0 Å². The molecule has 6 heteroatoms. The average Bonchev–Trinajstić information content (AvgIpc) is 2.24. The van der Waals surface area contributed by atoms with Crippen LogP contribution in [0.15, 0.2) is 18.5 Å². The normalized spacial score (nSPS) is 7.29. The van der Waals surface area contributed by atoms with E-state index >= 15 is 0 Å². The number of pyridine rings is 1. The van der Waals surface area contributed by atoms with Gasteiger partial charge in [-0.25, -0.2) is 4.79 Å². The zero-order valence-corrected chi connectivity index (χ0v) is 7.67. The lowest BCUT2D eigenvalue weighted by Gasteiger charge is -1.92. The highest BCUT2D eigenvalue weighted by Gasteiger charge is 2.00. The van der Waals surface area contributed by atoms with Gasteiger partial charge >= 0.3 is 5.97 Å². The summed E-state index contributed by atoms with van der Waals surface area (Å²) in [6.07, 6.45) is 2.64. The van der Waals surface area contributed by atoms with Crippen molar-refractivity contribution in [1.82, 2.24) is 4.98 Å². The number of carbonyl (C=O) groups excluding carboxylic acids is 1. The van der Waals surface area contributed by atoms with E-state index in [1.165, 1.54) is 18.5 Å². The van der Waals surface area contributed by atoms with Gasteiger partial charge in [-0.15, -0.1) is 0 Å². The molecule has 0 aliphatic heterocycles. The minimum Gasteiger partial charge on any atom is -0.478 e. The molecule has 4 N–H and O–H groups in total.